The molecule has 1 aliphatic carbocycles. The number of pyridine rings is 1. The maximum Gasteiger partial charge on any atom is 0.211 e. The number of hydrogen-bond acceptors (Lipinski definition) is 2. The van der Waals surface area contributed by atoms with Crippen molar-refractivity contribution in [1.82, 2.24) is 9.55 Å². The predicted molar refractivity (Wildman–Crippen MR) is 178 cm³/mol. The SMILES string of the molecule is [C-]#[N+]c1cc(-c2cc(-c3ccccc3)cnc2C#N)ccc1-n1c2ccccc2c2c3c(ccc21)C(C)(C)c1ccccc1-3. The van der Waals surface area contributed by atoms with Gasteiger partial charge in [0.25, 0.3) is 0 Å². The summed E-state index contributed by atoms with van der Waals surface area (Å²) in [5.41, 5.74) is 12.3. The molecular formula is C40H26N4. The average molecular weight is 563 g/mol. The van der Waals surface area contributed by atoms with Gasteiger partial charge in [0.1, 0.15) is 11.8 Å². The van der Waals surface area contributed by atoms with Gasteiger partial charge in [-0.25, -0.2) is 9.83 Å². The summed E-state index contributed by atoms with van der Waals surface area (Å²) in [4.78, 5) is 8.50. The molecule has 7 aromatic rings. The first-order valence-electron chi connectivity index (χ1n) is 14.7. The standard InChI is InChI=1S/C40H26N4/c1-40(2)31-15-9-7-13-28(31)38-32(40)18-20-37-39(38)29-14-8-10-16-35(29)44(37)36-19-17-26(22-33(36)42-3)30-21-27(24-43-34(30)23-41)25-11-5-4-6-12-25/h4-22,24H,1-2H3. The van der Waals surface area contributed by atoms with Crippen LogP contribution in [0.1, 0.15) is 30.7 Å². The fraction of sp³-hybridized carbons (Fsp3) is 0.0750. The molecule has 5 aromatic carbocycles. The molecule has 0 saturated heterocycles. The minimum Gasteiger partial charge on any atom is -0.319 e. The first-order valence-corrected chi connectivity index (χ1v) is 14.7. The van der Waals surface area contributed by atoms with E-state index in [4.69, 9.17) is 6.57 Å². The van der Waals surface area contributed by atoms with Crippen molar-refractivity contribution in [3.05, 3.63) is 150 Å². The third-order valence-corrected chi connectivity index (χ3v) is 9.13. The van der Waals surface area contributed by atoms with E-state index in [0.717, 1.165) is 33.4 Å². The van der Waals surface area contributed by atoms with Gasteiger partial charge in [-0.15, -0.1) is 0 Å². The fourth-order valence-electron chi connectivity index (χ4n) is 7.04. The molecule has 4 nitrogen and oxygen atoms in total. The van der Waals surface area contributed by atoms with E-state index in [-0.39, 0.29) is 5.41 Å². The lowest BCUT2D eigenvalue weighted by Crippen LogP contribution is -2.14. The highest BCUT2D eigenvalue weighted by atomic mass is 15.0. The molecule has 4 heteroatoms. The van der Waals surface area contributed by atoms with Crippen LogP contribution in [0.15, 0.2) is 121 Å². The maximum atomic E-state index is 9.92. The molecule has 0 amide bonds. The number of aromatic nitrogens is 2. The molecule has 0 unspecified atom stereocenters. The fourth-order valence-corrected chi connectivity index (χ4v) is 7.04. The Morgan fingerprint density at radius 2 is 1.50 bits per heavy atom. The predicted octanol–water partition coefficient (Wildman–Crippen LogP) is 10.2. The zero-order chi connectivity index (χ0) is 30.0. The van der Waals surface area contributed by atoms with Crippen LogP contribution in [-0.2, 0) is 5.41 Å². The van der Waals surface area contributed by atoms with Crippen molar-refractivity contribution in [3.8, 4) is 45.1 Å². The number of nitriles is 1. The molecule has 206 valence electrons. The lowest BCUT2D eigenvalue weighted by atomic mass is 9.82. The van der Waals surface area contributed by atoms with Gasteiger partial charge in [-0.05, 0) is 63.7 Å². The first kappa shape index (κ1) is 25.7. The summed E-state index contributed by atoms with van der Waals surface area (Å²) >= 11 is 0. The second kappa shape index (κ2) is 9.53. The highest BCUT2D eigenvalue weighted by Gasteiger charge is 2.37. The Balaban J connectivity index is 1.37. The Kier molecular flexibility index (Phi) is 5.57. The summed E-state index contributed by atoms with van der Waals surface area (Å²) in [5.74, 6) is 0. The topological polar surface area (TPSA) is 46.0 Å². The molecule has 44 heavy (non-hydrogen) atoms. The highest BCUT2D eigenvalue weighted by molar-refractivity contribution is 6.18. The van der Waals surface area contributed by atoms with Crippen molar-refractivity contribution < 1.29 is 0 Å². The summed E-state index contributed by atoms with van der Waals surface area (Å²) in [5, 5.41) is 12.3. The van der Waals surface area contributed by atoms with E-state index in [1.165, 1.54) is 33.0 Å². The minimum absolute atomic E-state index is 0.104. The van der Waals surface area contributed by atoms with Crippen LogP contribution in [0.2, 0.25) is 0 Å². The Bertz CT molecular complexity index is 2380. The van der Waals surface area contributed by atoms with Gasteiger partial charge in [-0.2, -0.15) is 5.26 Å². The summed E-state index contributed by atoms with van der Waals surface area (Å²) in [6, 6.07) is 41.8. The average Bonchev–Trinajstić information content (AvgIpc) is 3.53. The normalized spacial score (nSPS) is 12.9. The van der Waals surface area contributed by atoms with Crippen molar-refractivity contribution in [2.24, 2.45) is 0 Å². The molecule has 0 radical (unpaired) electrons. The third kappa shape index (κ3) is 3.59. The first-order chi connectivity index (χ1) is 21.5. The van der Waals surface area contributed by atoms with Gasteiger partial charge in [0.2, 0.25) is 5.69 Å². The number of nitrogens with zero attached hydrogens (tertiary/aromatic N) is 4. The van der Waals surface area contributed by atoms with Crippen LogP contribution < -0.4 is 0 Å². The van der Waals surface area contributed by atoms with E-state index < -0.39 is 0 Å². The van der Waals surface area contributed by atoms with Gasteiger partial charge >= 0.3 is 0 Å². The van der Waals surface area contributed by atoms with E-state index in [2.05, 4.69) is 95.0 Å². The van der Waals surface area contributed by atoms with E-state index >= 15 is 0 Å². The molecule has 8 rings (SSSR count). The van der Waals surface area contributed by atoms with Crippen LogP contribution in [0.3, 0.4) is 0 Å². The van der Waals surface area contributed by atoms with Crippen molar-refractivity contribution in [3.63, 3.8) is 0 Å². The summed E-state index contributed by atoms with van der Waals surface area (Å²) in [6.07, 6.45) is 1.73. The molecule has 0 fully saturated rings. The number of benzene rings is 5. The second-order valence-electron chi connectivity index (χ2n) is 11.8. The molecule has 2 heterocycles. The molecule has 1 aliphatic rings. The van der Waals surface area contributed by atoms with Gasteiger partial charge in [0.15, 0.2) is 0 Å². The smallest absolute Gasteiger partial charge is 0.211 e. The monoisotopic (exact) mass is 562 g/mol. The summed E-state index contributed by atoms with van der Waals surface area (Å²) in [6.45, 7) is 12.8. The van der Waals surface area contributed by atoms with Crippen LogP contribution in [0.4, 0.5) is 5.69 Å². The van der Waals surface area contributed by atoms with Crippen LogP contribution >= 0.6 is 0 Å². The van der Waals surface area contributed by atoms with E-state index in [1.54, 1.807) is 6.20 Å². The van der Waals surface area contributed by atoms with Gasteiger partial charge < -0.3 is 4.57 Å². The second-order valence-corrected chi connectivity index (χ2v) is 11.8. The zero-order valence-corrected chi connectivity index (χ0v) is 24.3. The van der Waals surface area contributed by atoms with Crippen LogP contribution in [-0.4, -0.2) is 9.55 Å². The van der Waals surface area contributed by atoms with Gasteiger partial charge in [0.05, 0.1) is 23.3 Å². The van der Waals surface area contributed by atoms with Crippen LogP contribution in [0, 0.1) is 17.9 Å². The Labute approximate surface area is 255 Å². The Morgan fingerprint density at radius 3 is 2.32 bits per heavy atom. The molecule has 0 spiro atoms. The van der Waals surface area contributed by atoms with Crippen LogP contribution in [0.5, 0.6) is 0 Å². The molecular weight excluding hydrogens is 536 g/mol. The van der Waals surface area contributed by atoms with Gasteiger partial charge in [-0.3, -0.25) is 0 Å². The molecule has 0 bridgehead atoms. The highest BCUT2D eigenvalue weighted by Crippen LogP contribution is 2.53. The maximum absolute atomic E-state index is 9.92. The minimum atomic E-state index is -0.104. The lowest BCUT2D eigenvalue weighted by Gasteiger charge is -2.21. The third-order valence-electron chi connectivity index (χ3n) is 9.13. The lowest BCUT2D eigenvalue weighted by molar-refractivity contribution is 0.661. The van der Waals surface area contributed by atoms with E-state index in [0.29, 0.717) is 16.9 Å². The van der Waals surface area contributed by atoms with Gasteiger partial charge in [0, 0.05) is 33.5 Å². The van der Waals surface area contributed by atoms with E-state index in [9.17, 15) is 5.26 Å². The summed E-state index contributed by atoms with van der Waals surface area (Å²) in [7, 11) is 0. The van der Waals surface area contributed by atoms with Crippen molar-refractivity contribution in [1.29, 1.82) is 5.26 Å². The van der Waals surface area contributed by atoms with Crippen molar-refractivity contribution in [2.45, 2.75) is 19.3 Å². The molecule has 0 saturated carbocycles. The Morgan fingerprint density at radius 1 is 0.727 bits per heavy atom. The Hall–Kier alpha value is -5.97. The molecule has 2 aromatic heterocycles. The molecule has 0 aliphatic heterocycles. The number of rotatable bonds is 3. The van der Waals surface area contributed by atoms with Crippen LogP contribution in [0.25, 0.3) is 65.7 Å². The molecule has 0 N–H and O–H groups in total. The van der Waals surface area contributed by atoms with Gasteiger partial charge in [-0.1, -0.05) is 98.8 Å². The number of hydrogen-bond donors (Lipinski definition) is 0. The van der Waals surface area contributed by atoms with Crippen molar-refractivity contribution >= 4 is 27.5 Å². The molecule has 0 atom stereocenters. The summed E-state index contributed by atoms with van der Waals surface area (Å²) < 4.78 is 2.22. The zero-order valence-electron chi connectivity index (χ0n) is 24.3. The quantitative estimate of drug-likeness (QED) is 0.201. The van der Waals surface area contributed by atoms with E-state index in [1.807, 2.05) is 54.6 Å². The largest absolute Gasteiger partial charge is 0.319 e. The number of fused-ring (bicyclic) bond motifs is 7. The number of para-hydroxylation sites is 1. The van der Waals surface area contributed by atoms with Crippen molar-refractivity contribution in [2.75, 3.05) is 0 Å².